The van der Waals surface area contributed by atoms with E-state index in [1.807, 2.05) is 6.20 Å². The van der Waals surface area contributed by atoms with Crippen molar-refractivity contribution in [2.24, 2.45) is 5.41 Å². The fourth-order valence-corrected chi connectivity index (χ4v) is 4.22. The van der Waals surface area contributed by atoms with E-state index in [2.05, 4.69) is 78.3 Å². The Morgan fingerprint density at radius 3 is 2.68 bits per heavy atom. The third-order valence-corrected chi connectivity index (χ3v) is 5.90. The molecule has 0 aliphatic carbocycles. The van der Waals surface area contributed by atoms with Gasteiger partial charge in [0.2, 0.25) is 0 Å². The second-order valence-corrected chi connectivity index (χ2v) is 8.94. The first-order chi connectivity index (χ1) is 13.3. The Balaban J connectivity index is 1.71. The van der Waals surface area contributed by atoms with E-state index in [1.165, 1.54) is 12.1 Å². The molecule has 1 saturated heterocycles. The molecule has 0 aromatic carbocycles. The van der Waals surface area contributed by atoms with Crippen LogP contribution >= 0.6 is 0 Å². The van der Waals surface area contributed by atoms with Crippen molar-refractivity contribution in [1.29, 1.82) is 0 Å². The van der Waals surface area contributed by atoms with Gasteiger partial charge in [-0.15, -0.1) is 0 Å². The first-order valence-electron chi connectivity index (χ1n) is 10.2. The highest BCUT2D eigenvalue weighted by Gasteiger charge is 2.30. The minimum absolute atomic E-state index is 0.354. The lowest BCUT2D eigenvalue weighted by Gasteiger charge is -2.25. The van der Waals surface area contributed by atoms with Crippen LogP contribution in [-0.4, -0.2) is 43.2 Å². The number of hydrogen-bond acceptors (Lipinski definition) is 5. The minimum atomic E-state index is 0.354. The molecule has 2 aliphatic rings. The predicted octanol–water partition coefficient (Wildman–Crippen LogP) is 4.56. The molecule has 0 N–H and O–H groups in total. The number of rotatable bonds is 3. The lowest BCUT2D eigenvalue weighted by molar-refractivity contribution is 0.418. The van der Waals surface area contributed by atoms with Crippen LogP contribution in [0.3, 0.4) is 0 Å². The van der Waals surface area contributed by atoms with Crippen molar-refractivity contribution >= 4 is 17.3 Å². The standard InChI is InChI=1S/C23H31N5/c1-17(2)28-13-6-12-26(5)20-8-7-19(25-22(20)28)18-9-11-24-21(15-18)27-14-10-23(3,4)16-27/h7-9,11,15H,1,6,10,12-14,16H2,2-5H3. The summed E-state index contributed by atoms with van der Waals surface area (Å²) in [6.45, 7) is 15.0. The molecule has 0 spiro atoms. The van der Waals surface area contributed by atoms with Crippen LogP contribution in [0.5, 0.6) is 0 Å². The summed E-state index contributed by atoms with van der Waals surface area (Å²) in [5.41, 5.74) is 4.66. The van der Waals surface area contributed by atoms with Gasteiger partial charge < -0.3 is 14.7 Å². The maximum absolute atomic E-state index is 5.07. The Morgan fingerprint density at radius 1 is 1.14 bits per heavy atom. The molecule has 148 valence electrons. The lowest BCUT2D eigenvalue weighted by Crippen LogP contribution is -2.23. The van der Waals surface area contributed by atoms with Gasteiger partial charge in [-0.1, -0.05) is 20.4 Å². The number of allylic oxidation sites excluding steroid dienone is 1. The monoisotopic (exact) mass is 377 g/mol. The fraction of sp³-hybridized carbons (Fsp3) is 0.478. The SMILES string of the molecule is C=C(C)N1CCCN(C)c2ccc(-c3ccnc(N4CCC(C)(C)C4)c3)nc21. The van der Waals surface area contributed by atoms with E-state index in [9.17, 15) is 0 Å². The molecule has 0 radical (unpaired) electrons. The normalized spacial score (nSPS) is 18.8. The summed E-state index contributed by atoms with van der Waals surface area (Å²) in [6, 6.07) is 8.56. The zero-order valence-electron chi connectivity index (χ0n) is 17.6. The lowest BCUT2D eigenvalue weighted by atomic mass is 9.93. The Hall–Kier alpha value is -2.56. The zero-order valence-corrected chi connectivity index (χ0v) is 17.6. The van der Waals surface area contributed by atoms with Gasteiger partial charge in [-0.3, -0.25) is 0 Å². The molecule has 0 saturated carbocycles. The van der Waals surface area contributed by atoms with Gasteiger partial charge >= 0.3 is 0 Å². The zero-order chi connectivity index (χ0) is 19.9. The summed E-state index contributed by atoms with van der Waals surface area (Å²) in [4.78, 5) is 16.6. The van der Waals surface area contributed by atoms with Crippen molar-refractivity contribution in [3.05, 3.63) is 42.7 Å². The van der Waals surface area contributed by atoms with E-state index in [0.29, 0.717) is 5.41 Å². The first kappa shape index (κ1) is 18.8. The summed E-state index contributed by atoms with van der Waals surface area (Å²) < 4.78 is 0. The van der Waals surface area contributed by atoms with Gasteiger partial charge in [0.15, 0.2) is 5.82 Å². The third-order valence-electron chi connectivity index (χ3n) is 5.90. The second-order valence-electron chi connectivity index (χ2n) is 8.94. The van der Waals surface area contributed by atoms with E-state index in [1.54, 1.807) is 0 Å². The van der Waals surface area contributed by atoms with Crippen LogP contribution in [0, 0.1) is 5.41 Å². The van der Waals surface area contributed by atoms with Crippen LogP contribution in [0.2, 0.25) is 0 Å². The summed E-state index contributed by atoms with van der Waals surface area (Å²) in [5, 5.41) is 0. The fourth-order valence-electron chi connectivity index (χ4n) is 4.22. The molecule has 2 aliphatic heterocycles. The van der Waals surface area contributed by atoms with E-state index in [-0.39, 0.29) is 0 Å². The number of pyridine rings is 2. The smallest absolute Gasteiger partial charge is 0.157 e. The largest absolute Gasteiger partial charge is 0.372 e. The predicted molar refractivity (Wildman–Crippen MR) is 118 cm³/mol. The van der Waals surface area contributed by atoms with Crippen LogP contribution in [0.15, 0.2) is 42.7 Å². The molecule has 1 fully saturated rings. The van der Waals surface area contributed by atoms with E-state index >= 15 is 0 Å². The van der Waals surface area contributed by atoms with Gasteiger partial charge in [-0.2, -0.15) is 0 Å². The topological polar surface area (TPSA) is 35.5 Å². The molecule has 5 nitrogen and oxygen atoms in total. The van der Waals surface area contributed by atoms with Gasteiger partial charge in [0.25, 0.3) is 0 Å². The highest BCUT2D eigenvalue weighted by atomic mass is 15.3. The summed E-state index contributed by atoms with van der Waals surface area (Å²) in [5.74, 6) is 2.05. The van der Waals surface area contributed by atoms with Crippen molar-refractivity contribution in [1.82, 2.24) is 9.97 Å². The quantitative estimate of drug-likeness (QED) is 0.783. The molecule has 4 rings (SSSR count). The molecule has 0 atom stereocenters. The van der Waals surface area contributed by atoms with E-state index in [4.69, 9.17) is 4.98 Å². The molecule has 0 bridgehead atoms. The molecular weight excluding hydrogens is 346 g/mol. The number of nitrogens with zero attached hydrogens (tertiary/aromatic N) is 5. The van der Waals surface area contributed by atoms with E-state index in [0.717, 1.165) is 61.2 Å². The van der Waals surface area contributed by atoms with E-state index < -0.39 is 0 Å². The average Bonchev–Trinajstić information content (AvgIpc) is 2.95. The first-order valence-corrected chi connectivity index (χ1v) is 10.2. The highest BCUT2D eigenvalue weighted by molar-refractivity contribution is 5.75. The summed E-state index contributed by atoms with van der Waals surface area (Å²) in [7, 11) is 2.14. The van der Waals surface area contributed by atoms with Crippen LogP contribution in [0.1, 0.15) is 33.6 Å². The van der Waals surface area contributed by atoms with Crippen LogP contribution in [-0.2, 0) is 0 Å². The Bertz CT molecular complexity index is 888. The molecule has 4 heterocycles. The summed E-state index contributed by atoms with van der Waals surface area (Å²) >= 11 is 0. The molecular formula is C23H31N5. The van der Waals surface area contributed by atoms with Gasteiger partial charge in [0.05, 0.1) is 11.4 Å². The molecule has 0 unspecified atom stereocenters. The number of fused-ring (bicyclic) bond motifs is 1. The highest BCUT2D eigenvalue weighted by Crippen LogP contribution is 2.36. The Labute approximate surface area is 168 Å². The van der Waals surface area contributed by atoms with Gasteiger partial charge in [-0.25, -0.2) is 9.97 Å². The van der Waals surface area contributed by atoms with Crippen LogP contribution in [0.4, 0.5) is 17.3 Å². The Morgan fingerprint density at radius 2 is 1.96 bits per heavy atom. The van der Waals surface area contributed by atoms with Crippen LogP contribution < -0.4 is 14.7 Å². The maximum Gasteiger partial charge on any atom is 0.157 e. The van der Waals surface area contributed by atoms with Crippen LogP contribution in [0.25, 0.3) is 11.3 Å². The molecule has 28 heavy (non-hydrogen) atoms. The van der Waals surface area contributed by atoms with Crippen molar-refractivity contribution < 1.29 is 0 Å². The van der Waals surface area contributed by atoms with Gasteiger partial charge in [0.1, 0.15) is 5.82 Å². The number of anilines is 3. The molecule has 0 amide bonds. The van der Waals surface area contributed by atoms with Gasteiger partial charge in [0, 0.05) is 50.7 Å². The van der Waals surface area contributed by atoms with Gasteiger partial charge in [-0.05, 0) is 49.4 Å². The third kappa shape index (κ3) is 3.58. The molecule has 5 heteroatoms. The average molecular weight is 378 g/mol. The van der Waals surface area contributed by atoms with Crippen molar-refractivity contribution in [2.75, 3.05) is 47.9 Å². The summed E-state index contributed by atoms with van der Waals surface area (Å²) in [6.07, 6.45) is 4.21. The van der Waals surface area contributed by atoms with Crippen molar-refractivity contribution in [3.63, 3.8) is 0 Å². The van der Waals surface area contributed by atoms with Crippen molar-refractivity contribution in [3.8, 4) is 11.3 Å². The number of hydrogen-bond donors (Lipinski definition) is 0. The molecule has 2 aromatic rings. The minimum Gasteiger partial charge on any atom is -0.372 e. The maximum atomic E-state index is 5.07. The number of aromatic nitrogens is 2. The second kappa shape index (κ2) is 7.12. The Kier molecular flexibility index (Phi) is 4.77. The van der Waals surface area contributed by atoms with Crippen molar-refractivity contribution in [2.45, 2.75) is 33.6 Å². The molecule has 2 aromatic heterocycles.